The Labute approximate surface area is 119 Å². The highest BCUT2D eigenvalue weighted by Gasteiger charge is 2.30. The highest BCUT2D eigenvalue weighted by Crippen LogP contribution is 2.26. The van der Waals surface area contributed by atoms with Crippen molar-refractivity contribution in [1.82, 2.24) is 9.55 Å². The first kappa shape index (κ1) is 13.3. The number of ketones is 1. The molecule has 1 aromatic carbocycles. The molecule has 1 heterocycles. The predicted molar refractivity (Wildman–Crippen MR) is 79.4 cm³/mol. The van der Waals surface area contributed by atoms with E-state index < -0.39 is 0 Å². The molecule has 1 saturated carbocycles. The molecule has 1 aromatic heterocycles. The number of imidazole rings is 1. The van der Waals surface area contributed by atoms with Crippen LogP contribution in [0.25, 0.3) is 11.0 Å². The molecule has 0 radical (unpaired) electrons. The molecule has 0 spiro atoms. The number of fused-ring (bicyclic) bond motifs is 1. The molecule has 2 aromatic rings. The van der Waals surface area contributed by atoms with Gasteiger partial charge in [-0.15, -0.1) is 0 Å². The van der Waals surface area contributed by atoms with Crippen LogP contribution in [-0.2, 0) is 17.8 Å². The van der Waals surface area contributed by atoms with Crippen molar-refractivity contribution >= 4 is 16.8 Å². The van der Waals surface area contributed by atoms with Gasteiger partial charge in [0.25, 0.3) is 0 Å². The minimum absolute atomic E-state index is 0.0279. The molecule has 0 bridgehead atoms. The summed E-state index contributed by atoms with van der Waals surface area (Å²) in [5.41, 5.74) is 8.10. The van der Waals surface area contributed by atoms with Gasteiger partial charge in [-0.25, -0.2) is 4.98 Å². The molecular formula is C16H21N3O. The van der Waals surface area contributed by atoms with Gasteiger partial charge in [0.15, 0.2) is 0 Å². The molecule has 2 atom stereocenters. The number of hydrogen-bond donors (Lipinski definition) is 1. The van der Waals surface area contributed by atoms with E-state index >= 15 is 0 Å². The zero-order valence-corrected chi connectivity index (χ0v) is 11.9. The van der Waals surface area contributed by atoms with Gasteiger partial charge < -0.3 is 10.3 Å². The Kier molecular flexibility index (Phi) is 3.57. The zero-order valence-electron chi connectivity index (χ0n) is 11.9. The maximum absolute atomic E-state index is 12.4. The predicted octanol–water partition coefficient (Wildman–Crippen LogP) is 2.30. The fourth-order valence-electron chi connectivity index (χ4n) is 3.29. The number of para-hydroxylation sites is 2. The Hall–Kier alpha value is -1.68. The summed E-state index contributed by atoms with van der Waals surface area (Å²) < 4.78 is 2.13. The van der Waals surface area contributed by atoms with Crippen molar-refractivity contribution in [2.45, 2.75) is 45.2 Å². The van der Waals surface area contributed by atoms with Crippen LogP contribution in [0.4, 0.5) is 0 Å². The fourth-order valence-corrected chi connectivity index (χ4v) is 3.29. The number of nitrogens with zero attached hydrogens (tertiary/aromatic N) is 2. The lowest BCUT2D eigenvalue weighted by atomic mass is 9.96. The number of rotatable bonds is 4. The van der Waals surface area contributed by atoms with E-state index in [0.717, 1.165) is 42.7 Å². The van der Waals surface area contributed by atoms with Crippen LogP contribution in [-0.4, -0.2) is 21.4 Å². The van der Waals surface area contributed by atoms with E-state index in [1.54, 1.807) is 0 Å². The minimum atomic E-state index is 0.0279. The smallest absolute Gasteiger partial charge is 0.145 e. The summed E-state index contributed by atoms with van der Waals surface area (Å²) in [6.07, 6.45) is 3.38. The van der Waals surface area contributed by atoms with E-state index in [0.29, 0.717) is 6.42 Å². The summed E-state index contributed by atoms with van der Waals surface area (Å²) in [6.45, 7) is 2.92. The Morgan fingerprint density at radius 3 is 2.90 bits per heavy atom. The number of nitrogens with two attached hydrogens (primary N) is 1. The Bertz CT molecular complexity index is 632. The molecule has 3 rings (SSSR count). The second-order valence-electron chi connectivity index (χ2n) is 5.61. The molecule has 2 unspecified atom stereocenters. The molecule has 20 heavy (non-hydrogen) atoms. The van der Waals surface area contributed by atoms with E-state index in [9.17, 15) is 4.79 Å². The van der Waals surface area contributed by atoms with Crippen molar-refractivity contribution in [1.29, 1.82) is 0 Å². The topological polar surface area (TPSA) is 60.9 Å². The van der Waals surface area contributed by atoms with Gasteiger partial charge in [0.1, 0.15) is 11.6 Å². The zero-order chi connectivity index (χ0) is 14.1. The maximum atomic E-state index is 12.4. The summed E-state index contributed by atoms with van der Waals surface area (Å²) in [5.74, 6) is 1.15. The number of aryl methyl sites for hydroxylation is 1. The lowest BCUT2D eigenvalue weighted by molar-refractivity contribution is -0.122. The molecular weight excluding hydrogens is 250 g/mol. The number of hydrogen-bond acceptors (Lipinski definition) is 3. The molecule has 1 fully saturated rings. The van der Waals surface area contributed by atoms with Crippen LogP contribution in [0.2, 0.25) is 0 Å². The average molecular weight is 271 g/mol. The highest BCUT2D eigenvalue weighted by molar-refractivity contribution is 5.85. The van der Waals surface area contributed by atoms with Gasteiger partial charge in [0.05, 0.1) is 17.5 Å². The second kappa shape index (κ2) is 5.37. The van der Waals surface area contributed by atoms with Crippen LogP contribution in [0.1, 0.15) is 32.0 Å². The Balaban J connectivity index is 1.88. The van der Waals surface area contributed by atoms with Gasteiger partial charge in [0, 0.05) is 18.5 Å². The van der Waals surface area contributed by atoms with E-state index in [-0.39, 0.29) is 17.7 Å². The average Bonchev–Trinajstić information content (AvgIpc) is 3.01. The molecule has 106 valence electrons. The van der Waals surface area contributed by atoms with Gasteiger partial charge in [-0.3, -0.25) is 4.79 Å². The quantitative estimate of drug-likeness (QED) is 0.928. The molecule has 1 aliphatic rings. The maximum Gasteiger partial charge on any atom is 0.145 e. The van der Waals surface area contributed by atoms with E-state index in [4.69, 9.17) is 5.73 Å². The van der Waals surface area contributed by atoms with Gasteiger partial charge in [-0.1, -0.05) is 18.6 Å². The number of aromatic nitrogens is 2. The van der Waals surface area contributed by atoms with Crippen LogP contribution in [0.5, 0.6) is 0 Å². The molecule has 0 amide bonds. The molecule has 4 heteroatoms. The summed E-state index contributed by atoms with van der Waals surface area (Å²) >= 11 is 0. The van der Waals surface area contributed by atoms with Crippen molar-refractivity contribution in [3.8, 4) is 0 Å². The van der Waals surface area contributed by atoms with Crippen LogP contribution >= 0.6 is 0 Å². The van der Waals surface area contributed by atoms with Crippen molar-refractivity contribution in [3.63, 3.8) is 0 Å². The van der Waals surface area contributed by atoms with E-state index in [2.05, 4.69) is 22.5 Å². The van der Waals surface area contributed by atoms with Crippen molar-refractivity contribution in [2.24, 2.45) is 11.7 Å². The summed E-state index contributed by atoms with van der Waals surface area (Å²) in [7, 11) is 0. The lowest BCUT2D eigenvalue weighted by Crippen LogP contribution is -2.32. The first-order valence-corrected chi connectivity index (χ1v) is 7.43. The van der Waals surface area contributed by atoms with Gasteiger partial charge in [0.2, 0.25) is 0 Å². The molecule has 2 N–H and O–H groups in total. The van der Waals surface area contributed by atoms with E-state index in [1.165, 1.54) is 0 Å². The lowest BCUT2D eigenvalue weighted by Gasteiger charge is -2.14. The van der Waals surface area contributed by atoms with Crippen LogP contribution in [0, 0.1) is 5.92 Å². The van der Waals surface area contributed by atoms with Gasteiger partial charge >= 0.3 is 0 Å². The fraction of sp³-hybridized carbons (Fsp3) is 0.500. The monoisotopic (exact) mass is 271 g/mol. The number of carbonyl (C=O) groups is 1. The number of Topliss-reactive ketones (excluding diaryl/α,β-unsaturated/α-hetero) is 1. The molecule has 0 saturated heterocycles. The second-order valence-corrected chi connectivity index (χ2v) is 5.61. The SMILES string of the molecule is CCn1c(CC(=O)C2CCCC2N)nc2ccccc21. The Morgan fingerprint density at radius 1 is 1.40 bits per heavy atom. The van der Waals surface area contributed by atoms with Gasteiger partial charge in [-0.05, 0) is 31.9 Å². The first-order valence-electron chi connectivity index (χ1n) is 7.43. The van der Waals surface area contributed by atoms with Crippen LogP contribution in [0.3, 0.4) is 0 Å². The Morgan fingerprint density at radius 2 is 2.20 bits per heavy atom. The highest BCUT2D eigenvalue weighted by atomic mass is 16.1. The number of benzene rings is 1. The minimum Gasteiger partial charge on any atom is -0.328 e. The van der Waals surface area contributed by atoms with Crippen LogP contribution in [0.15, 0.2) is 24.3 Å². The molecule has 1 aliphatic carbocycles. The summed E-state index contributed by atoms with van der Waals surface area (Å²) in [4.78, 5) is 17.1. The third kappa shape index (κ3) is 2.24. The van der Waals surface area contributed by atoms with Crippen LogP contribution < -0.4 is 5.73 Å². The number of carbonyl (C=O) groups excluding carboxylic acids is 1. The first-order chi connectivity index (χ1) is 9.70. The van der Waals surface area contributed by atoms with Gasteiger partial charge in [-0.2, -0.15) is 0 Å². The normalized spacial score (nSPS) is 22.5. The molecule has 0 aliphatic heterocycles. The largest absolute Gasteiger partial charge is 0.328 e. The van der Waals surface area contributed by atoms with Crippen molar-refractivity contribution in [3.05, 3.63) is 30.1 Å². The summed E-state index contributed by atoms with van der Waals surface area (Å²) in [5, 5.41) is 0. The standard InChI is InChI=1S/C16H21N3O/c1-2-19-14-9-4-3-8-13(14)18-16(19)10-15(20)11-6-5-7-12(11)17/h3-4,8-9,11-12H,2,5-7,10,17H2,1H3. The van der Waals surface area contributed by atoms with Crippen molar-refractivity contribution in [2.75, 3.05) is 0 Å². The third-order valence-electron chi connectivity index (χ3n) is 4.37. The summed E-state index contributed by atoms with van der Waals surface area (Å²) in [6, 6.07) is 8.09. The van der Waals surface area contributed by atoms with E-state index in [1.807, 2.05) is 18.2 Å². The third-order valence-corrected chi connectivity index (χ3v) is 4.37. The molecule has 4 nitrogen and oxygen atoms in total. The van der Waals surface area contributed by atoms with Crippen molar-refractivity contribution < 1.29 is 4.79 Å².